The van der Waals surface area contributed by atoms with E-state index in [-0.39, 0.29) is 11.9 Å². The van der Waals surface area contributed by atoms with Gasteiger partial charge in [-0.1, -0.05) is 20.3 Å². The number of nitrogens with one attached hydrogen (secondary N) is 1. The molecule has 0 bridgehead atoms. The summed E-state index contributed by atoms with van der Waals surface area (Å²) in [6, 6.07) is -0.0131. The summed E-state index contributed by atoms with van der Waals surface area (Å²) in [5.41, 5.74) is 5.67. The van der Waals surface area contributed by atoms with Crippen molar-refractivity contribution in [2.24, 2.45) is 5.73 Å². The van der Waals surface area contributed by atoms with Gasteiger partial charge in [-0.2, -0.15) is 0 Å². The van der Waals surface area contributed by atoms with Crippen LogP contribution in [-0.2, 0) is 9.53 Å². The lowest BCUT2D eigenvalue weighted by Crippen LogP contribution is -2.32. The second-order valence-electron chi connectivity index (χ2n) is 4.04. The Morgan fingerprint density at radius 1 is 1.31 bits per heavy atom. The fraction of sp³-hybridized carbons (Fsp3) is 0.917. The highest BCUT2D eigenvalue weighted by atomic mass is 16.5. The Labute approximate surface area is 98.9 Å². The lowest BCUT2D eigenvalue weighted by Gasteiger charge is -2.09. The van der Waals surface area contributed by atoms with E-state index in [1.807, 2.05) is 6.92 Å². The van der Waals surface area contributed by atoms with E-state index in [1.165, 1.54) is 0 Å². The first-order chi connectivity index (χ1) is 7.70. The SMILES string of the molecule is CCCCOCCCNC(=O)CC(N)CC. The molecule has 4 nitrogen and oxygen atoms in total. The van der Waals surface area contributed by atoms with Gasteiger partial charge in [-0.15, -0.1) is 0 Å². The summed E-state index contributed by atoms with van der Waals surface area (Å²) in [5, 5.41) is 2.84. The summed E-state index contributed by atoms with van der Waals surface area (Å²) in [6.07, 6.45) is 4.40. The van der Waals surface area contributed by atoms with Gasteiger partial charge in [0.25, 0.3) is 0 Å². The molecule has 3 N–H and O–H groups in total. The molecule has 1 atom stereocenters. The van der Waals surface area contributed by atoms with Crippen LogP contribution >= 0.6 is 0 Å². The van der Waals surface area contributed by atoms with Gasteiger partial charge in [-0.05, 0) is 19.3 Å². The molecule has 0 aliphatic rings. The lowest BCUT2D eigenvalue weighted by atomic mass is 10.1. The molecule has 0 aliphatic carbocycles. The van der Waals surface area contributed by atoms with Crippen LogP contribution in [0.2, 0.25) is 0 Å². The molecule has 0 spiro atoms. The monoisotopic (exact) mass is 230 g/mol. The third kappa shape index (κ3) is 9.93. The topological polar surface area (TPSA) is 64.3 Å². The summed E-state index contributed by atoms with van der Waals surface area (Å²) in [4.78, 5) is 11.3. The summed E-state index contributed by atoms with van der Waals surface area (Å²) in [7, 11) is 0. The second-order valence-corrected chi connectivity index (χ2v) is 4.04. The van der Waals surface area contributed by atoms with Gasteiger partial charge in [0.2, 0.25) is 5.91 Å². The molecule has 1 unspecified atom stereocenters. The first-order valence-corrected chi connectivity index (χ1v) is 6.30. The number of nitrogens with two attached hydrogens (primary N) is 1. The predicted octanol–water partition coefficient (Wildman–Crippen LogP) is 1.44. The van der Waals surface area contributed by atoms with Crippen LogP contribution in [0.3, 0.4) is 0 Å². The molecule has 4 heteroatoms. The van der Waals surface area contributed by atoms with E-state index in [0.717, 1.165) is 38.9 Å². The molecule has 96 valence electrons. The van der Waals surface area contributed by atoms with Crippen LogP contribution in [0.25, 0.3) is 0 Å². The van der Waals surface area contributed by atoms with E-state index in [4.69, 9.17) is 10.5 Å². The number of carbonyl (C=O) groups excluding carboxylic acids is 1. The van der Waals surface area contributed by atoms with Crippen molar-refractivity contribution in [1.29, 1.82) is 0 Å². The van der Waals surface area contributed by atoms with Crippen LogP contribution in [0.1, 0.15) is 46.0 Å². The Bertz CT molecular complexity index is 174. The Morgan fingerprint density at radius 3 is 2.62 bits per heavy atom. The minimum atomic E-state index is -0.0131. The molecule has 0 aromatic rings. The normalized spacial score (nSPS) is 12.4. The molecule has 0 aromatic heterocycles. The average Bonchev–Trinajstić information content (AvgIpc) is 2.27. The van der Waals surface area contributed by atoms with Crippen molar-refractivity contribution in [2.45, 2.75) is 52.0 Å². The van der Waals surface area contributed by atoms with Crippen LogP contribution < -0.4 is 11.1 Å². The predicted molar refractivity (Wildman–Crippen MR) is 66.2 cm³/mol. The smallest absolute Gasteiger partial charge is 0.221 e. The molecule has 0 aliphatic heterocycles. The van der Waals surface area contributed by atoms with Gasteiger partial charge in [0.05, 0.1) is 0 Å². The lowest BCUT2D eigenvalue weighted by molar-refractivity contribution is -0.121. The zero-order chi connectivity index (χ0) is 12.2. The van der Waals surface area contributed by atoms with Gasteiger partial charge in [0, 0.05) is 32.2 Å². The van der Waals surface area contributed by atoms with Crippen molar-refractivity contribution in [1.82, 2.24) is 5.32 Å². The number of unbranched alkanes of at least 4 members (excludes halogenated alkanes) is 1. The maximum absolute atomic E-state index is 11.3. The maximum atomic E-state index is 11.3. The number of carbonyl (C=O) groups is 1. The van der Waals surface area contributed by atoms with E-state index in [2.05, 4.69) is 12.2 Å². The van der Waals surface area contributed by atoms with Gasteiger partial charge in [0.1, 0.15) is 0 Å². The molecule has 1 amide bonds. The third-order valence-electron chi connectivity index (χ3n) is 2.40. The summed E-state index contributed by atoms with van der Waals surface area (Å²) in [6.45, 7) is 6.35. The Balaban J connectivity index is 3.21. The van der Waals surface area contributed by atoms with E-state index in [1.54, 1.807) is 0 Å². The van der Waals surface area contributed by atoms with E-state index >= 15 is 0 Å². The molecule has 0 rings (SSSR count). The molecule has 0 heterocycles. The number of rotatable bonds is 10. The fourth-order valence-electron chi connectivity index (χ4n) is 1.21. The summed E-state index contributed by atoms with van der Waals surface area (Å²) < 4.78 is 5.38. The highest BCUT2D eigenvalue weighted by Gasteiger charge is 2.06. The molecule has 0 aromatic carbocycles. The standard InChI is InChI=1S/C12H26N2O2/c1-3-5-8-16-9-6-7-14-12(15)10-11(13)4-2/h11H,3-10,13H2,1-2H3,(H,14,15). The molecule has 16 heavy (non-hydrogen) atoms. The summed E-state index contributed by atoms with van der Waals surface area (Å²) in [5.74, 6) is 0.0444. The molecular formula is C12H26N2O2. The minimum Gasteiger partial charge on any atom is -0.381 e. The quantitative estimate of drug-likeness (QED) is 0.558. The van der Waals surface area contributed by atoms with Crippen molar-refractivity contribution >= 4 is 5.91 Å². The highest BCUT2D eigenvalue weighted by molar-refractivity contribution is 5.76. The van der Waals surface area contributed by atoms with Crippen LogP contribution in [-0.4, -0.2) is 31.7 Å². The van der Waals surface area contributed by atoms with Crippen molar-refractivity contribution in [3.05, 3.63) is 0 Å². The number of amides is 1. The minimum absolute atomic E-state index is 0.0131. The molecule has 0 fully saturated rings. The fourth-order valence-corrected chi connectivity index (χ4v) is 1.21. The molecule has 0 saturated carbocycles. The Hall–Kier alpha value is -0.610. The zero-order valence-corrected chi connectivity index (χ0v) is 10.6. The number of ether oxygens (including phenoxy) is 1. The van der Waals surface area contributed by atoms with E-state index in [9.17, 15) is 4.79 Å². The van der Waals surface area contributed by atoms with Crippen LogP contribution in [0, 0.1) is 0 Å². The van der Waals surface area contributed by atoms with Gasteiger partial charge < -0.3 is 15.8 Å². The van der Waals surface area contributed by atoms with Crippen molar-refractivity contribution in [3.8, 4) is 0 Å². The molecule has 0 saturated heterocycles. The first kappa shape index (κ1) is 15.4. The van der Waals surface area contributed by atoms with Gasteiger partial charge >= 0.3 is 0 Å². The first-order valence-electron chi connectivity index (χ1n) is 6.30. The highest BCUT2D eigenvalue weighted by Crippen LogP contribution is 1.93. The third-order valence-corrected chi connectivity index (χ3v) is 2.40. The zero-order valence-electron chi connectivity index (χ0n) is 10.6. The van der Waals surface area contributed by atoms with E-state index in [0.29, 0.717) is 13.0 Å². The van der Waals surface area contributed by atoms with Crippen molar-refractivity contribution < 1.29 is 9.53 Å². The van der Waals surface area contributed by atoms with E-state index < -0.39 is 0 Å². The van der Waals surface area contributed by atoms with Gasteiger partial charge in [-0.25, -0.2) is 0 Å². The Kier molecular flexibility index (Phi) is 10.5. The summed E-state index contributed by atoms with van der Waals surface area (Å²) >= 11 is 0. The Morgan fingerprint density at radius 2 is 2.00 bits per heavy atom. The van der Waals surface area contributed by atoms with Crippen LogP contribution in [0.5, 0.6) is 0 Å². The molecular weight excluding hydrogens is 204 g/mol. The largest absolute Gasteiger partial charge is 0.381 e. The number of hydrogen-bond acceptors (Lipinski definition) is 3. The molecule has 0 radical (unpaired) electrons. The maximum Gasteiger partial charge on any atom is 0.221 e. The van der Waals surface area contributed by atoms with Gasteiger partial charge in [-0.3, -0.25) is 4.79 Å². The van der Waals surface area contributed by atoms with Crippen LogP contribution in [0.4, 0.5) is 0 Å². The van der Waals surface area contributed by atoms with Crippen molar-refractivity contribution in [2.75, 3.05) is 19.8 Å². The van der Waals surface area contributed by atoms with Gasteiger partial charge in [0.15, 0.2) is 0 Å². The second kappa shape index (κ2) is 10.9. The number of hydrogen-bond donors (Lipinski definition) is 2. The average molecular weight is 230 g/mol. The van der Waals surface area contributed by atoms with Crippen LogP contribution in [0.15, 0.2) is 0 Å². The van der Waals surface area contributed by atoms with Crippen molar-refractivity contribution in [3.63, 3.8) is 0 Å².